The average molecular weight is 655 g/mol. The van der Waals surface area contributed by atoms with Crippen molar-refractivity contribution in [2.24, 2.45) is 0 Å². The molecule has 1 N–H and O–H groups in total. The van der Waals surface area contributed by atoms with Gasteiger partial charge < -0.3 is 10.2 Å². The van der Waals surface area contributed by atoms with Gasteiger partial charge >= 0.3 is 0 Å². The van der Waals surface area contributed by atoms with Crippen LogP contribution >= 0.6 is 27.5 Å². The summed E-state index contributed by atoms with van der Waals surface area (Å²) in [4.78, 5) is 28.9. The van der Waals surface area contributed by atoms with Gasteiger partial charge in [-0.05, 0) is 47.5 Å². The SMILES string of the molecule is CNC(=O)[C@@H](Cc1ccccc1)N(Cc1ccc(Br)cc1)C(=O)CN(c1ccccc1Cl)S(=O)(=O)c1ccccc1. The Morgan fingerprint density at radius 1 is 0.829 bits per heavy atom. The molecule has 0 fully saturated rings. The fraction of sp³-hybridized carbons (Fsp3) is 0.161. The van der Waals surface area contributed by atoms with E-state index in [1.165, 1.54) is 24.1 Å². The molecule has 0 aliphatic rings. The molecule has 0 aliphatic heterocycles. The van der Waals surface area contributed by atoms with Crippen LogP contribution in [0.4, 0.5) is 5.69 Å². The molecule has 0 radical (unpaired) electrons. The third kappa shape index (κ3) is 7.55. The maximum atomic E-state index is 14.2. The van der Waals surface area contributed by atoms with Crippen LogP contribution in [-0.4, -0.2) is 44.8 Å². The number of anilines is 1. The van der Waals surface area contributed by atoms with Gasteiger partial charge in [-0.3, -0.25) is 13.9 Å². The van der Waals surface area contributed by atoms with Crippen LogP contribution < -0.4 is 9.62 Å². The van der Waals surface area contributed by atoms with Crippen molar-refractivity contribution in [1.29, 1.82) is 0 Å². The van der Waals surface area contributed by atoms with Crippen molar-refractivity contribution in [3.05, 3.63) is 130 Å². The third-order valence-corrected chi connectivity index (χ3v) is 9.14. The molecule has 0 heterocycles. The van der Waals surface area contributed by atoms with Crippen LogP contribution in [0.2, 0.25) is 5.02 Å². The van der Waals surface area contributed by atoms with Crippen molar-refractivity contribution in [2.45, 2.75) is 23.9 Å². The highest BCUT2D eigenvalue weighted by atomic mass is 79.9. The van der Waals surface area contributed by atoms with E-state index in [9.17, 15) is 18.0 Å². The maximum absolute atomic E-state index is 14.2. The van der Waals surface area contributed by atoms with Crippen LogP contribution in [0.1, 0.15) is 11.1 Å². The Morgan fingerprint density at radius 3 is 2.02 bits per heavy atom. The number of carbonyl (C=O) groups is 2. The summed E-state index contributed by atoms with van der Waals surface area (Å²) in [5.41, 5.74) is 1.79. The second-order valence-electron chi connectivity index (χ2n) is 9.24. The first-order valence-electron chi connectivity index (χ1n) is 12.8. The number of hydrogen-bond acceptors (Lipinski definition) is 4. The molecule has 41 heavy (non-hydrogen) atoms. The van der Waals surface area contributed by atoms with Crippen LogP contribution in [-0.2, 0) is 32.6 Å². The third-order valence-electron chi connectivity index (χ3n) is 6.51. The fourth-order valence-corrected chi connectivity index (χ4v) is 6.40. The molecule has 212 valence electrons. The minimum absolute atomic E-state index is 0.0133. The predicted octanol–water partition coefficient (Wildman–Crippen LogP) is 5.68. The molecule has 0 bridgehead atoms. The molecule has 4 aromatic carbocycles. The van der Waals surface area contributed by atoms with Gasteiger partial charge in [-0.15, -0.1) is 0 Å². The van der Waals surface area contributed by atoms with E-state index >= 15 is 0 Å². The zero-order valence-corrected chi connectivity index (χ0v) is 25.4. The van der Waals surface area contributed by atoms with Crippen LogP contribution in [0, 0.1) is 0 Å². The Balaban J connectivity index is 1.78. The summed E-state index contributed by atoms with van der Waals surface area (Å²) in [5, 5.41) is 2.85. The van der Waals surface area contributed by atoms with Gasteiger partial charge in [-0.25, -0.2) is 8.42 Å². The molecule has 4 rings (SSSR count). The Bertz CT molecular complexity index is 1590. The van der Waals surface area contributed by atoms with E-state index in [2.05, 4.69) is 21.2 Å². The van der Waals surface area contributed by atoms with Gasteiger partial charge in [-0.2, -0.15) is 0 Å². The lowest BCUT2D eigenvalue weighted by Gasteiger charge is -2.33. The predicted molar refractivity (Wildman–Crippen MR) is 165 cm³/mol. The monoisotopic (exact) mass is 653 g/mol. The molecule has 0 unspecified atom stereocenters. The Hall–Kier alpha value is -3.66. The molecule has 10 heteroatoms. The van der Waals surface area contributed by atoms with Crippen molar-refractivity contribution in [1.82, 2.24) is 10.2 Å². The molecule has 0 saturated heterocycles. The second-order valence-corrected chi connectivity index (χ2v) is 12.4. The average Bonchev–Trinajstić information content (AvgIpc) is 2.99. The van der Waals surface area contributed by atoms with Gasteiger partial charge in [0.15, 0.2) is 0 Å². The summed E-state index contributed by atoms with van der Waals surface area (Å²) in [7, 11) is -2.69. The van der Waals surface area contributed by atoms with E-state index < -0.39 is 28.5 Å². The molecular weight excluding hydrogens is 626 g/mol. The second kappa shape index (κ2) is 13.8. The molecule has 1 atom stereocenters. The molecule has 2 amide bonds. The van der Waals surface area contributed by atoms with Crippen molar-refractivity contribution in [3.8, 4) is 0 Å². The van der Waals surface area contributed by atoms with Crippen molar-refractivity contribution in [3.63, 3.8) is 0 Å². The minimum atomic E-state index is -4.20. The Labute approximate surface area is 253 Å². The number of nitrogens with zero attached hydrogens (tertiary/aromatic N) is 2. The highest BCUT2D eigenvalue weighted by Crippen LogP contribution is 2.31. The highest BCUT2D eigenvalue weighted by molar-refractivity contribution is 9.10. The van der Waals surface area contributed by atoms with E-state index in [1.54, 1.807) is 42.5 Å². The first-order chi connectivity index (χ1) is 19.7. The largest absolute Gasteiger partial charge is 0.357 e. The van der Waals surface area contributed by atoms with Gasteiger partial charge in [0.1, 0.15) is 12.6 Å². The molecule has 0 spiro atoms. The first kappa shape index (κ1) is 30.3. The van der Waals surface area contributed by atoms with Crippen LogP contribution in [0.15, 0.2) is 119 Å². The van der Waals surface area contributed by atoms with E-state index in [1.807, 2.05) is 54.6 Å². The molecule has 0 aliphatic carbocycles. The summed E-state index contributed by atoms with van der Waals surface area (Å²) in [6.07, 6.45) is 0.236. The number of halogens is 2. The van der Waals surface area contributed by atoms with Gasteiger partial charge in [-0.1, -0.05) is 100 Å². The summed E-state index contributed by atoms with van der Waals surface area (Å²) >= 11 is 9.89. The maximum Gasteiger partial charge on any atom is 0.264 e. The zero-order chi connectivity index (χ0) is 29.4. The van der Waals surface area contributed by atoms with Gasteiger partial charge in [0, 0.05) is 24.5 Å². The number of sulfonamides is 1. The summed E-state index contributed by atoms with van der Waals surface area (Å²) in [5.74, 6) is -0.925. The Morgan fingerprint density at radius 2 is 1.41 bits per heavy atom. The standard InChI is InChI=1S/C31H29BrClN3O4S/c1-34-31(38)29(20-23-10-4-2-5-11-23)35(21-24-16-18-25(32)19-17-24)30(37)22-36(28-15-9-8-14-27(28)33)41(39,40)26-12-6-3-7-13-26/h2-19,29H,20-22H2,1H3,(H,34,38)/t29-/m1/s1. The van der Waals surface area contributed by atoms with E-state index in [-0.39, 0.29) is 34.5 Å². The lowest BCUT2D eigenvalue weighted by atomic mass is 10.0. The lowest BCUT2D eigenvalue weighted by molar-refractivity contribution is -0.139. The number of likely N-dealkylation sites (N-methyl/N-ethyl adjacent to an activating group) is 1. The molecule has 7 nitrogen and oxygen atoms in total. The van der Waals surface area contributed by atoms with Gasteiger partial charge in [0.2, 0.25) is 11.8 Å². The van der Waals surface area contributed by atoms with E-state index in [4.69, 9.17) is 11.6 Å². The number of benzene rings is 4. The molecule has 0 saturated carbocycles. The fourth-order valence-electron chi connectivity index (χ4n) is 4.39. The first-order valence-corrected chi connectivity index (χ1v) is 15.4. The number of hydrogen-bond donors (Lipinski definition) is 1. The normalized spacial score (nSPS) is 11.9. The van der Waals surface area contributed by atoms with Crippen molar-refractivity contribution >= 4 is 55.1 Å². The number of rotatable bonds is 11. The topological polar surface area (TPSA) is 86.8 Å². The minimum Gasteiger partial charge on any atom is -0.357 e. The number of para-hydroxylation sites is 1. The number of carbonyl (C=O) groups excluding carboxylic acids is 2. The molecular formula is C31H29BrClN3O4S. The number of amides is 2. The Kier molecular flexibility index (Phi) is 10.2. The van der Waals surface area contributed by atoms with Crippen LogP contribution in [0.25, 0.3) is 0 Å². The summed E-state index contributed by atoms with van der Waals surface area (Å²) < 4.78 is 29.7. The zero-order valence-electron chi connectivity index (χ0n) is 22.3. The van der Waals surface area contributed by atoms with E-state index in [0.29, 0.717) is 0 Å². The number of nitrogens with one attached hydrogen (secondary N) is 1. The van der Waals surface area contributed by atoms with Gasteiger partial charge in [0.25, 0.3) is 10.0 Å². The van der Waals surface area contributed by atoms with E-state index in [0.717, 1.165) is 19.9 Å². The molecule has 0 aromatic heterocycles. The summed E-state index contributed by atoms with van der Waals surface area (Å²) in [6.45, 7) is -0.488. The van der Waals surface area contributed by atoms with Crippen LogP contribution in [0.3, 0.4) is 0 Å². The smallest absolute Gasteiger partial charge is 0.264 e. The van der Waals surface area contributed by atoms with Crippen molar-refractivity contribution in [2.75, 3.05) is 17.9 Å². The quantitative estimate of drug-likeness (QED) is 0.225. The highest BCUT2D eigenvalue weighted by Gasteiger charge is 2.34. The summed E-state index contributed by atoms with van der Waals surface area (Å²) in [6, 6.07) is 30.2. The van der Waals surface area contributed by atoms with Crippen molar-refractivity contribution < 1.29 is 18.0 Å². The van der Waals surface area contributed by atoms with Crippen LogP contribution in [0.5, 0.6) is 0 Å². The molecule has 4 aromatic rings. The lowest BCUT2D eigenvalue weighted by Crippen LogP contribution is -2.53. The van der Waals surface area contributed by atoms with Gasteiger partial charge in [0.05, 0.1) is 15.6 Å².